The minimum absolute atomic E-state index is 0.0223. The van der Waals surface area contributed by atoms with Crippen molar-refractivity contribution in [1.82, 2.24) is 19.9 Å². The first-order chi connectivity index (χ1) is 21.9. The zero-order valence-corrected chi connectivity index (χ0v) is 25.5. The molecule has 2 aromatic heterocycles. The van der Waals surface area contributed by atoms with Crippen molar-refractivity contribution in [3.63, 3.8) is 0 Å². The first-order valence-electron chi connectivity index (χ1n) is 14.1. The van der Waals surface area contributed by atoms with Crippen molar-refractivity contribution in [3.8, 4) is 5.75 Å². The Kier molecular flexibility index (Phi) is 9.84. The molecule has 0 radical (unpaired) electrons. The Labute approximate surface area is 264 Å². The number of hydrogen-bond acceptors (Lipinski definition) is 8. The first kappa shape index (κ1) is 34.7. The Hall–Kier alpha value is -5.12. The number of fused-ring (bicyclic) bond motifs is 2. The van der Waals surface area contributed by atoms with Crippen LogP contribution in [0.15, 0.2) is 42.6 Å². The molecule has 0 spiro atoms. The number of amides is 1. The van der Waals surface area contributed by atoms with Crippen LogP contribution in [0.5, 0.6) is 5.75 Å². The summed E-state index contributed by atoms with van der Waals surface area (Å²) in [5, 5.41) is 16.0. The van der Waals surface area contributed by atoms with Crippen LogP contribution >= 0.6 is 0 Å². The molecule has 0 saturated carbocycles. The molecule has 0 saturated heterocycles. The monoisotopic (exact) mass is 663 g/mol. The van der Waals surface area contributed by atoms with E-state index in [2.05, 4.69) is 20.1 Å². The zero-order valence-electron chi connectivity index (χ0n) is 25.5. The second kappa shape index (κ2) is 13.3. The van der Waals surface area contributed by atoms with E-state index >= 15 is 0 Å². The molecule has 0 aliphatic heterocycles. The summed E-state index contributed by atoms with van der Waals surface area (Å²) in [6, 6.07) is 7.26. The van der Waals surface area contributed by atoms with Gasteiger partial charge in [-0.1, -0.05) is 12.1 Å². The van der Waals surface area contributed by atoms with Crippen LogP contribution in [0, 0.1) is 18.6 Å². The minimum atomic E-state index is -4.89. The van der Waals surface area contributed by atoms with E-state index in [-0.39, 0.29) is 23.9 Å². The number of nitrogens with zero attached hydrogens (tertiary/aromatic N) is 3. The van der Waals surface area contributed by atoms with Crippen molar-refractivity contribution in [2.45, 2.75) is 65.1 Å². The summed E-state index contributed by atoms with van der Waals surface area (Å²) in [7, 11) is 0. The van der Waals surface area contributed by atoms with Crippen molar-refractivity contribution in [2.75, 3.05) is 0 Å². The maximum atomic E-state index is 14.0. The van der Waals surface area contributed by atoms with Gasteiger partial charge in [-0.05, 0) is 81.0 Å². The number of carbonyl (C=O) groups excluding carboxylic acids is 2. The Morgan fingerprint density at radius 1 is 1.09 bits per heavy atom. The van der Waals surface area contributed by atoms with Gasteiger partial charge in [-0.2, -0.15) is 5.10 Å². The van der Waals surface area contributed by atoms with Crippen molar-refractivity contribution in [1.29, 1.82) is 0 Å². The molecule has 0 unspecified atom stereocenters. The van der Waals surface area contributed by atoms with E-state index in [0.717, 1.165) is 45.6 Å². The molecule has 1 atom stereocenters. The molecule has 1 aliphatic carbocycles. The van der Waals surface area contributed by atoms with E-state index in [1.165, 1.54) is 6.07 Å². The number of hydrogen-bond donors (Lipinski definition) is 3. The Morgan fingerprint density at radius 2 is 1.79 bits per heavy atom. The first-order valence-corrected chi connectivity index (χ1v) is 14.1. The molecule has 4 aromatic rings. The fourth-order valence-corrected chi connectivity index (χ4v) is 4.90. The second-order valence-corrected chi connectivity index (χ2v) is 11.4. The number of rotatable bonds is 6. The van der Waals surface area contributed by atoms with Gasteiger partial charge in [-0.25, -0.2) is 27.9 Å². The third-order valence-corrected chi connectivity index (χ3v) is 6.95. The number of ether oxygens (including phenoxy) is 2. The van der Waals surface area contributed by atoms with Crippen LogP contribution < -0.4 is 15.8 Å². The number of benzene rings is 2. The molecule has 5 rings (SSSR count). The van der Waals surface area contributed by atoms with E-state index in [1.54, 1.807) is 32.9 Å². The van der Waals surface area contributed by atoms with E-state index in [4.69, 9.17) is 10.5 Å². The lowest BCUT2D eigenvalue weighted by Gasteiger charge is -2.21. The van der Waals surface area contributed by atoms with Crippen LogP contribution in [-0.4, -0.2) is 49.5 Å². The van der Waals surface area contributed by atoms with Gasteiger partial charge in [-0.15, -0.1) is 13.2 Å². The second-order valence-electron chi connectivity index (χ2n) is 11.4. The fourth-order valence-electron chi connectivity index (χ4n) is 4.90. The van der Waals surface area contributed by atoms with E-state index in [9.17, 15) is 41.4 Å². The van der Waals surface area contributed by atoms with Gasteiger partial charge in [0.1, 0.15) is 11.3 Å². The molecule has 0 fully saturated rings. The largest absolute Gasteiger partial charge is 0.573 e. The lowest BCUT2D eigenvalue weighted by atomic mass is 9.97. The third-order valence-electron chi connectivity index (χ3n) is 6.95. The molecule has 2 heterocycles. The summed E-state index contributed by atoms with van der Waals surface area (Å²) < 4.78 is 71.9. The Bertz CT molecular complexity index is 1850. The van der Waals surface area contributed by atoms with Gasteiger partial charge in [0.25, 0.3) is 5.91 Å². The number of carbonyl (C=O) groups is 3. The average molecular weight is 664 g/mol. The predicted molar refractivity (Wildman–Crippen MR) is 156 cm³/mol. The Morgan fingerprint density at radius 3 is 2.40 bits per heavy atom. The standard InChI is InChI=1S/C23H23FN4O5.C8H7F4NO/c1-11-12-7-8-16(14(12)6-5-13(11)22(32)33-23(2,3)4)27-20(29)18-9-17(21(30)31)26-19-15(24)10-25-28(18)19;9-6-2-1-5(4-13)3-7(6)14-8(10,11)12/h5-6,9-10,16H,7-8H2,1-4H3,(H,27,29)(H,30,31);1-3H,4,13H2/t16-;/m0./s1. The van der Waals surface area contributed by atoms with E-state index in [1.807, 2.05) is 6.92 Å². The van der Waals surface area contributed by atoms with E-state index in [0.29, 0.717) is 24.0 Å². The summed E-state index contributed by atoms with van der Waals surface area (Å²) in [6.45, 7) is 7.28. The van der Waals surface area contributed by atoms with Gasteiger partial charge in [-0.3, -0.25) is 4.79 Å². The van der Waals surface area contributed by atoms with Crippen LogP contribution in [0.2, 0.25) is 0 Å². The number of nitrogens with two attached hydrogens (primary N) is 1. The fraction of sp³-hybridized carbons (Fsp3) is 0.323. The molecular formula is C31H30F5N5O6. The maximum absolute atomic E-state index is 14.0. The van der Waals surface area contributed by atoms with Crippen molar-refractivity contribution in [2.24, 2.45) is 5.73 Å². The van der Waals surface area contributed by atoms with Gasteiger partial charge in [0, 0.05) is 12.6 Å². The number of carboxylic acids is 1. The van der Waals surface area contributed by atoms with Gasteiger partial charge in [0.05, 0.1) is 17.8 Å². The minimum Gasteiger partial charge on any atom is -0.477 e. The van der Waals surface area contributed by atoms with Gasteiger partial charge >= 0.3 is 18.3 Å². The van der Waals surface area contributed by atoms with Crippen molar-refractivity contribution >= 4 is 23.5 Å². The summed E-state index contributed by atoms with van der Waals surface area (Å²) in [5.74, 6) is -5.16. The van der Waals surface area contributed by atoms with Crippen LogP contribution in [0.25, 0.3) is 5.65 Å². The molecule has 1 aliphatic rings. The lowest BCUT2D eigenvalue weighted by Crippen LogP contribution is -2.29. The highest BCUT2D eigenvalue weighted by atomic mass is 19.4. The maximum Gasteiger partial charge on any atom is 0.573 e. The molecular weight excluding hydrogens is 633 g/mol. The van der Waals surface area contributed by atoms with Crippen molar-refractivity contribution < 1.29 is 50.9 Å². The smallest absolute Gasteiger partial charge is 0.477 e. The zero-order chi connectivity index (χ0) is 34.8. The number of alkyl halides is 3. The molecule has 11 nitrogen and oxygen atoms in total. The number of aromatic carboxylic acids is 1. The highest BCUT2D eigenvalue weighted by Crippen LogP contribution is 2.35. The summed E-state index contributed by atoms with van der Waals surface area (Å²) >= 11 is 0. The molecule has 47 heavy (non-hydrogen) atoms. The van der Waals surface area contributed by atoms with Crippen LogP contribution in [0.1, 0.15) is 86.8 Å². The predicted octanol–water partition coefficient (Wildman–Crippen LogP) is 5.43. The number of esters is 1. The normalized spacial score (nSPS) is 14.2. The van der Waals surface area contributed by atoms with Gasteiger partial charge in [0.15, 0.2) is 28.7 Å². The molecule has 16 heteroatoms. The third kappa shape index (κ3) is 8.19. The quantitative estimate of drug-likeness (QED) is 0.181. The van der Waals surface area contributed by atoms with Crippen LogP contribution in [0.4, 0.5) is 22.0 Å². The SMILES string of the molecule is Cc1c(C(=O)OC(C)(C)C)ccc2c1CC[C@@H]2NC(=O)c1cc(C(=O)O)nc2c(F)cnn12.NCc1ccc(F)c(OC(F)(F)F)c1. The number of halogens is 5. The molecule has 0 bridgehead atoms. The van der Waals surface area contributed by atoms with Crippen LogP contribution in [-0.2, 0) is 17.7 Å². The lowest BCUT2D eigenvalue weighted by molar-refractivity contribution is -0.275. The van der Waals surface area contributed by atoms with Gasteiger partial charge < -0.3 is 25.6 Å². The number of carboxylic acid groups (broad SMARTS) is 1. The summed E-state index contributed by atoms with van der Waals surface area (Å²) in [5.41, 5.74) is 7.08. The van der Waals surface area contributed by atoms with Crippen LogP contribution in [0.3, 0.4) is 0 Å². The topological polar surface area (TPSA) is 158 Å². The number of nitrogens with one attached hydrogen (secondary N) is 1. The summed E-state index contributed by atoms with van der Waals surface area (Å²) in [4.78, 5) is 40.7. The Balaban J connectivity index is 0.000000300. The number of aromatic nitrogens is 3. The van der Waals surface area contributed by atoms with Crippen molar-refractivity contribution in [3.05, 3.63) is 93.4 Å². The summed E-state index contributed by atoms with van der Waals surface area (Å²) in [6.07, 6.45) is -2.79. The highest BCUT2D eigenvalue weighted by molar-refractivity contribution is 5.96. The highest BCUT2D eigenvalue weighted by Gasteiger charge is 2.33. The molecule has 250 valence electrons. The molecule has 1 amide bonds. The molecule has 4 N–H and O–H groups in total. The van der Waals surface area contributed by atoms with Gasteiger partial charge in [0.2, 0.25) is 0 Å². The average Bonchev–Trinajstić information content (AvgIpc) is 3.56. The molecule has 2 aromatic carbocycles. The van der Waals surface area contributed by atoms with E-state index < -0.39 is 52.9 Å².